The van der Waals surface area contributed by atoms with Gasteiger partial charge < -0.3 is 20.0 Å². The van der Waals surface area contributed by atoms with Gasteiger partial charge >= 0.3 is 11.8 Å². The molecule has 20 heavy (non-hydrogen) atoms. The van der Waals surface area contributed by atoms with Crippen molar-refractivity contribution in [2.75, 3.05) is 59.9 Å². The van der Waals surface area contributed by atoms with Gasteiger partial charge in [0.1, 0.15) is 0 Å². The Hall–Kier alpha value is -1.14. The minimum absolute atomic E-state index is 0.356. The lowest BCUT2D eigenvalue weighted by Gasteiger charge is -2.31. The number of hydrogen-bond donors (Lipinski definition) is 1. The topological polar surface area (TPSA) is 55.9 Å². The van der Waals surface area contributed by atoms with Crippen molar-refractivity contribution in [1.82, 2.24) is 20.0 Å². The van der Waals surface area contributed by atoms with Crippen molar-refractivity contribution in [2.24, 2.45) is 5.92 Å². The summed E-state index contributed by atoms with van der Waals surface area (Å²) in [6.07, 6.45) is 0. The summed E-state index contributed by atoms with van der Waals surface area (Å²) in [5.74, 6) is -0.356. The zero-order valence-electron chi connectivity index (χ0n) is 13.2. The average molecular weight is 284 g/mol. The van der Waals surface area contributed by atoms with E-state index in [0.717, 1.165) is 19.6 Å². The molecule has 0 aromatic rings. The van der Waals surface area contributed by atoms with Crippen LogP contribution in [0.4, 0.5) is 0 Å². The number of nitrogens with zero attached hydrogens (tertiary/aromatic N) is 3. The van der Waals surface area contributed by atoms with Crippen LogP contribution >= 0.6 is 0 Å². The molecule has 0 bridgehead atoms. The van der Waals surface area contributed by atoms with E-state index in [4.69, 9.17) is 0 Å². The lowest BCUT2D eigenvalue weighted by Crippen LogP contribution is -2.53. The second-order valence-electron chi connectivity index (χ2n) is 5.99. The van der Waals surface area contributed by atoms with Crippen molar-refractivity contribution < 1.29 is 9.59 Å². The minimum Gasteiger partial charge on any atom is -0.333 e. The first-order valence-corrected chi connectivity index (χ1v) is 7.35. The third kappa shape index (κ3) is 5.46. The lowest BCUT2D eigenvalue weighted by atomic mass is 10.2. The molecule has 1 rings (SSSR count). The molecular formula is C14H28N4O2. The van der Waals surface area contributed by atoms with Crippen molar-refractivity contribution in [2.45, 2.75) is 13.8 Å². The number of hydrogen-bond acceptors (Lipinski definition) is 4. The molecule has 0 unspecified atom stereocenters. The standard InChI is InChI=1S/C14H28N4O2/c1-12(2)11-18(10-9-16(3)4)14(20)13(19)17-7-5-15-6-8-17/h12,15H,5-11H2,1-4H3. The van der Waals surface area contributed by atoms with Crippen molar-refractivity contribution in [3.8, 4) is 0 Å². The number of carbonyl (C=O) groups excluding carboxylic acids is 2. The molecule has 1 N–H and O–H groups in total. The van der Waals surface area contributed by atoms with E-state index in [9.17, 15) is 9.59 Å². The molecule has 0 aromatic carbocycles. The monoisotopic (exact) mass is 284 g/mol. The normalized spacial score (nSPS) is 15.8. The van der Waals surface area contributed by atoms with Crippen molar-refractivity contribution in [3.63, 3.8) is 0 Å². The van der Waals surface area contributed by atoms with Gasteiger partial charge in [-0.1, -0.05) is 13.8 Å². The first kappa shape index (κ1) is 16.9. The number of rotatable bonds is 5. The van der Waals surface area contributed by atoms with Crippen LogP contribution in [0, 0.1) is 5.92 Å². The second kappa shape index (κ2) is 8.21. The molecule has 0 saturated carbocycles. The van der Waals surface area contributed by atoms with Crippen LogP contribution < -0.4 is 5.32 Å². The molecule has 6 nitrogen and oxygen atoms in total. The molecule has 1 fully saturated rings. The molecule has 0 spiro atoms. The fourth-order valence-corrected chi connectivity index (χ4v) is 2.18. The highest BCUT2D eigenvalue weighted by atomic mass is 16.2. The minimum atomic E-state index is -0.359. The summed E-state index contributed by atoms with van der Waals surface area (Å²) in [7, 11) is 3.94. The van der Waals surface area contributed by atoms with E-state index in [1.807, 2.05) is 19.0 Å². The summed E-state index contributed by atoms with van der Waals surface area (Å²) >= 11 is 0. The highest BCUT2D eigenvalue weighted by Crippen LogP contribution is 2.03. The smallest absolute Gasteiger partial charge is 0.312 e. The zero-order chi connectivity index (χ0) is 15.1. The van der Waals surface area contributed by atoms with Gasteiger partial charge in [-0.3, -0.25) is 9.59 Å². The van der Waals surface area contributed by atoms with Crippen LogP contribution in [0.5, 0.6) is 0 Å². The number of carbonyl (C=O) groups is 2. The molecule has 0 radical (unpaired) electrons. The maximum Gasteiger partial charge on any atom is 0.312 e. The van der Waals surface area contributed by atoms with Gasteiger partial charge in [-0.2, -0.15) is 0 Å². The number of piperazine rings is 1. The summed E-state index contributed by atoms with van der Waals surface area (Å²) in [6, 6.07) is 0. The average Bonchev–Trinajstić information content (AvgIpc) is 2.42. The number of likely N-dealkylation sites (N-methyl/N-ethyl adjacent to an activating group) is 1. The third-order valence-electron chi connectivity index (χ3n) is 3.28. The van der Waals surface area contributed by atoms with E-state index in [1.165, 1.54) is 0 Å². The van der Waals surface area contributed by atoms with Gasteiger partial charge in [-0.05, 0) is 20.0 Å². The van der Waals surface area contributed by atoms with Gasteiger partial charge in [-0.15, -0.1) is 0 Å². The molecule has 2 amide bonds. The Kier molecular flexibility index (Phi) is 6.95. The Morgan fingerprint density at radius 2 is 1.75 bits per heavy atom. The van der Waals surface area contributed by atoms with E-state index in [2.05, 4.69) is 19.2 Å². The summed E-state index contributed by atoms with van der Waals surface area (Å²) in [5.41, 5.74) is 0. The quantitative estimate of drug-likeness (QED) is 0.689. The SMILES string of the molecule is CC(C)CN(CCN(C)C)C(=O)C(=O)N1CCNCC1. The molecule has 1 aliphatic rings. The highest BCUT2D eigenvalue weighted by Gasteiger charge is 2.28. The Morgan fingerprint density at radius 1 is 1.15 bits per heavy atom. The van der Waals surface area contributed by atoms with Gasteiger partial charge in [0.25, 0.3) is 0 Å². The van der Waals surface area contributed by atoms with Crippen LogP contribution in [-0.4, -0.2) is 86.4 Å². The molecule has 116 valence electrons. The van der Waals surface area contributed by atoms with Gasteiger partial charge in [0.05, 0.1) is 0 Å². The number of nitrogens with one attached hydrogen (secondary N) is 1. The Labute approximate surface area is 122 Å². The van der Waals surface area contributed by atoms with Gasteiger partial charge in [0.15, 0.2) is 0 Å². The maximum atomic E-state index is 12.4. The molecule has 1 heterocycles. The van der Waals surface area contributed by atoms with Crippen LogP contribution in [0.3, 0.4) is 0 Å². The van der Waals surface area contributed by atoms with Crippen molar-refractivity contribution >= 4 is 11.8 Å². The molecule has 1 aliphatic heterocycles. The van der Waals surface area contributed by atoms with Gasteiger partial charge in [0.2, 0.25) is 0 Å². The molecule has 1 saturated heterocycles. The van der Waals surface area contributed by atoms with Crippen LogP contribution in [0.2, 0.25) is 0 Å². The van der Waals surface area contributed by atoms with Crippen molar-refractivity contribution in [1.29, 1.82) is 0 Å². The largest absolute Gasteiger partial charge is 0.333 e. The summed E-state index contributed by atoms with van der Waals surface area (Å²) < 4.78 is 0. The Balaban J connectivity index is 2.62. The molecule has 0 aliphatic carbocycles. The van der Waals surface area contributed by atoms with E-state index in [-0.39, 0.29) is 11.8 Å². The lowest BCUT2D eigenvalue weighted by molar-refractivity contribution is -0.152. The van der Waals surface area contributed by atoms with Gasteiger partial charge in [0, 0.05) is 45.8 Å². The van der Waals surface area contributed by atoms with E-state index >= 15 is 0 Å². The molecule has 0 atom stereocenters. The summed E-state index contributed by atoms with van der Waals surface area (Å²) in [4.78, 5) is 30.0. The fourth-order valence-electron chi connectivity index (χ4n) is 2.18. The summed E-state index contributed by atoms with van der Waals surface area (Å²) in [6.45, 7) is 8.89. The molecule has 0 aromatic heterocycles. The Morgan fingerprint density at radius 3 is 2.25 bits per heavy atom. The number of amides is 2. The van der Waals surface area contributed by atoms with Crippen LogP contribution in [0.15, 0.2) is 0 Å². The van der Waals surface area contributed by atoms with Crippen LogP contribution in [0.1, 0.15) is 13.8 Å². The van der Waals surface area contributed by atoms with E-state index in [1.54, 1.807) is 9.80 Å². The van der Waals surface area contributed by atoms with E-state index in [0.29, 0.717) is 32.1 Å². The summed E-state index contributed by atoms with van der Waals surface area (Å²) in [5, 5.41) is 3.18. The predicted octanol–water partition coefficient (Wildman–Crippen LogP) is -0.536. The highest BCUT2D eigenvalue weighted by molar-refractivity contribution is 6.34. The van der Waals surface area contributed by atoms with E-state index < -0.39 is 0 Å². The second-order valence-corrected chi connectivity index (χ2v) is 5.99. The molecular weight excluding hydrogens is 256 g/mol. The Bertz CT molecular complexity index is 325. The van der Waals surface area contributed by atoms with Crippen LogP contribution in [0.25, 0.3) is 0 Å². The van der Waals surface area contributed by atoms with Gasteiger partial charge in [-0.25, -0.2) is 0 Å². The maximum absolute atomic E-state index is 12.4. The third-order valence-corrected chi connectivity index (χ3v) is 3.28. The van der Waals surface area contributed by atoms with Crippen molar-refractivity contribution in [3.05, 3.63) is 0 Å². The van der Waals surface area contributed by atoms with Crippen LogP contribution in [-0.2, 0) is 9.59 Å². The zero-order valence-corrected chi connectivity index (χ0v) is 13.2. The predicted molar refractivity (Wildman–Crippen MR) is 79.4 cm³/mol. The first-order chi connectivity index (χ1) is 9.41. The first-order valence-electron chi connectivity index (χ1n) is 7.35. The molecule has 6 heteroatoms. The fraction of sp³-hybridized carbons (Fsp3) is 0.857.